The van der Waals surface area contributed by atoms with E-state index in [1.165, 1.54) is 12.8 Å². The van der Waals surface area contributed by atoms with Gasteiger partial charge in [-0.05, 0) is 43.6 Å². The number of carbonyl (C=O) groups is 1. The minimum atomic E-state index is 0.0809. The Bertz CT molecular complexity index is 729. The molecule has 4 rings (SSSR count). The van der Waals surface area contributed by atoms with Crippen LogP contribution in [0.1, 0.15) is 18.4 Å². The summed E-state index contributed by atoms with van der Waals surface area (Å²) in [5.41, 5.74) is 0.878. The highest BCUT2D eigenvalue weighted by molar-refractivity contribution is 6.42. The monoisotopic (exact) mass is 441 g/mol. The second kappa shape index (κ2) is 9.50. The maximum absolute atomic E-state index is 13.4. The molecule has 1 aromatic carbocycles. The van der Waals surface area contributed by atoms with Crippen LogP contribution in [-0.2, 0) is 16.0 Å². The second-order valence-electron chi connectivity index (χ2n) is 8.18. The second-order valence-corrected chi connectivity index (χ2v) is 8.99. The van der Waals surface area contributed by atoms with Crippen molar-refractivity contribution in [2.45, 2.75) is 37.4 Å². The highest BCUT2D eigenvalue weighted by atomic mass is 35.5. The van der Waals surface area contributed by atoms with Crippen LogP contribution in [-0.4, -0.2) is 96.4 Å². The van der Waals surface area contributed by atoms with Crippen LogP contribution >= 0.6 is 23.2 Å². The number of rotatable bonds is 5. The summed E-state index contributed by atoms with van der Waals surface area (Å²) in [5, 5.41) is 10.5. The predicted molar refractivity (Wildman–Crippen MR) is 114 cm³/mol. The predicted octanol–water partition coefficient (Wildman–Crippen LogP) is 1.90. The lowest BCUT2D eigenvalue weighted by molar-refractivity contribution is -0.152. The zero-order valence-electron chi connectivity index (χ0n) is 16.6. The van der Waals surface area contributed by atoms with Gasteiger partial charge in [-0.2, -0.15) is 0 Å². The number of benzene rings is 1. The fourth-order valence-corrected chi connectivity index (χ4v) is 5.39. The maximum atomic E-state index is 13.4. The number of β-amino-alcohol motifs (C(OH)–C–C–N with tert-alkyl or cyclic N) is 1. The molecule has 0 saturated carbocycles. The number of hydrogen-bond acceptors (Lipinski definition) is 5. The molecule has 3 aliphatic heterocycles. The molecule has 0 aromatic heterocycles. The largest absolute Gasteiger partial charge is 0.395 e. The van der Waals surface area contributed by atoms with Crippen LogP contribution in [0.4, 0.5) is 0 Å². The Morgan fingerprint density at radius 3 is 2.55 bits per heavy atom. The summed E-state index contributed by atoms with van der Waals surface area (Å²) < 4.78 is 5.98. The smallest absolute Gasteiger partial charge is 0.227 e. The van der Waals surface area contributed by atoms with Gasteiger partial charge in [-0.1, -0.05) is 29.3 Å². The van der Waals surface area contributed by atoms with Crippen LogP contribution in [0.15, 0.2) is 18.2 Å². The van der Waals surface area contributed by atoms with Crippen molar-refractivity contribution >= 4 is 29.1 Å². The molecule has 3 heterocycles. The van der Waals surface area contributed by atoms with Crippen LogP contribution in [0.2, 0.25) is 10.0 Å². The first-order valence-electron chi connectivity index (χ1n) is 10.5. The Balaban J connectivity index is 1.56. The van der Waals surface area contributed by atoms with Gasteiger partial charge in [0.15, 0.2) is 0 Å². The van der Waals surface area contributed by atoms with E-state index in [4.69, 9.17) is 27.9 Å². The van der Waals surface area contributed by atoms with Crippen molar-refractivity contribution in [2.75, 3.05) is 52.5 Å². The number of likely N-dealkylation sites (tertiary alicyclic amines) is 1. The SMILES string of the molecule is O=C(Cc1ccc(Cl)c(Cl)c1)N1CCN(CCO)C2COC[C@H](N3CCCC3)[C@H]21. The molecule has 3 saturated heterocycles. The molecule has 0 aliphatic carbocycles. The van der Waals surface area contributed by atoms with E-state index in [2.05, 4.69) is 14.7 Å². The van der Waals surface area contributed by atoms with Crippen LogP contribution < -0.4 is 0 Å². The number of carbonyl (C=O) groups excluding carboxylic acids is 1. The number of aliphatic hydroxyl groups excluding tert-OH is 1. The third-order valence-corrected chi connectivity index (χ3v) is 7.22. The molecule has 0 spiro atoms. The number of fused-ring (bicyclic) bond motifs is 1. The van der Waals surface area contributed by atoms with Crippen molar-refractivity contribution < 1.29 is 14.6 Å². The molecule has 3 aliphatic rings. The molecule has 0 bridgehead atoms. The highest BCUT2D eigenvalue weighted by Gasteiger charge is 2.47. The van der Waals surface area contributed by atoms with Crippen molar-refractivity contribution in [2.24, 2.45) is 0 Å². The lowest BCUT2D eigenvalue weighted by Gasteiger charge is -2.54. The van der Waals surface area contributed by atoms with E-state index in [9.17, 15) is 9.90 Å². The zero-order valence-corrected chi connectivity index (χ0v) is 18.1. The minimum Gasteiger partial charge on any atom is -0.395 e. The van der Waals surface area contributed by atoms with E-state index in [1.54, 1.807) is 12.1 Å². The lowest BCUT2D eigenvalue weighted by Crippen LogP contribution is -2.71. The summed E-state index contributed by atoms with van der Waals surface area (Å²) in [5.74, 6) is 0.119. The Hall–Kier alpha value is -0.890. The summed E-state index contributed by atoms with van der Waals surface area (Å²) in [6.07, 6.45) is 2.71. The number of piperazine rings is 1. The molecule has 6 nitrogen and oxygen atoms in total. The highest BCUT2D eigenvalue weighted by Crippen LogP contribution is 2.30. The summed E-state index contributed by atoms with van der Waals surface area (Å²) in [4.78, 5) is 20.2. The van der Waals surface area contributed by atoms with E-state index in [0.29, 0.717) is 42.8 Å². The Morgan fingerprint density at radius 2 is 1.83 bits per heavy atom. The number of halogens is 2. The van der Waals surface area contributed by atoms with Gasteiger partial charge in [0.1, 0.15) is 0 Å². The van der Waals surface area contributed by atoms with Gasteiger partial charge in [0, 0.05) is 19.6 Å². The van der Waals surface area contributed by atoms with Gasteiger partial charge in [0.2, 0.25) is 5.91 Å². The van der Waals surface area contributed by atoms with Crippen LogP contribution in [0, 0.1) is 0 Å². The van der Waals surface area contributed by atoms with Crippen LogP contribution in [0.25, 0.3) is 0 Å². The normalized spacial score (nSPS) is 28.5. The zero-order chi connectivity index (χ0) is 20.4. The van der Waals surface area contributed by atoms with E-state index in [1.807, 2.05) is 6.07 Å². The molecule has 3 atom stereocenters. The third-order valence-electron chi connectivity index (χ3n) is 6.48. The number of ether oxygens (including phenoxy) is 1. The van der Waals surface area contributed by atoms with E-state index >= 15 is 0 Å². The molecule has 1 unspecified atom stereocenters. The average Bonchev–Trinajstić information content (AvgIpc) is 3.25. The molecule has 0 radical (unpaired) electrons. The number of hydrogen-bond donors (Lipinski definition) is 1. The molecular weight excluding hydrogens is 413 g/mol. The molecule has 160 valence electrons. The van der Waals surface area contributed by atoms with Crippen molar-refractivity contribution in [3.05, 3.63) is 33.8 Å². The van der Waals surface area contributed by atoms with E-state index in [0.717, 1.165) is 25.2 Å². The van der Waals surface area contributed by atoms with Crippen molar-refractivity contribution in [3.63, 3.8) is 0 Å². The molecular formula is C21H29Cl2N3O3. The molecule has 29 heavy (non-hydrogen) atoms. The lowest BCUT2D eigenvalue weighted by atomic mass is 9.91. The molecule has 1 N–H and O–H groups in total. The van der Waals surface area contributed by atoms with Crippen molar-refractivity contribution in [3.8, 4) is 0 Å². The first kappa shape index (κ1) is 21.3. The average molecular weight is 442 g/mol. The van der Waals surface area contributed by atoms with Gasteiger partial charge in [-0.15, -0.1) is 0 Å². The fourth-order valence-electron chi connectivity index (χ4n) is 5.07. The summed E-state index contributed by atoms with van der Waals surface area (Å²) in [6.45, 7) is 5.55. The summed E-state index contributed by atoms with van der Waals surface area (Å²) >= 11 is 12.2. The molecule has 1 aromatic rings. The first-order valence-corrected chi connectivity index (χ1v) is 11.2. The van der Waals surface area contributed by atoms with E-state index in [-0.39, 0.29) is 30.6 Å². The fraction of sp³-hybridized carbons (Fsp3) is 0.667. The van der Waals surface area contributed by atoms with Gasteiger partial charge in [-0.3, -0.25) is 14.6 Å². The molecule has 3 fully saturated rings. The van der Waals surface area contributed by atoms with E-state index < -0.39 is 0 Å². The Kier molecular flexibility index (Phi) is 6.99. The van der Waals surface area contributed by atoms with Crippen LogP contribution in [0.3, 0.4) is 0 Å². The van der Waals surface area contributed by atoms with Gasteiger partial charge < -0.3 is 14.7 Å². The summed E-state index contributed by atoms with van der Waals surface area (Å²) in [6, 6.07) is 5.80. The third kappa shape index (κ3) is 4.58. The number of aliphatic hydroxyl groups is 1. The Labute approximate surface area is 182 Å². The van der Waals surface area contributed by atoms with Gasteiger partial charge in [0.05, 0.1) is 54.4 Å². The van der Waals surface area contributed by atoms with Gasteiger partial charge >= 0.3 is 0 Å². The number of nitrogens with zero attached hydrogens (tertiary/aromatic N) is 3. The maximum Gasteiger partial charge on any atom is 0.227 e. The molecule has 8 heteroatoms. The van der Waals surface area contributed by atoms with Crippen LogP contribution in [0.5, 0.6) is 0 Å². The van der Waals surface area contributed by atoms with Crippen molar-refractivity contribution in [1.82, 2.24) is 14.7 Å². The van der Waals surface area contributed by atoms with Crippen molar-refractivity contribution in [1.29, 1.82) is 0 Å². The molecule has 1 amide bonds. The minimum absolute atomic E-state index is 0.0809. The Morgan fingerprint density at radius 1 is 1.07 bits per heavy atom. The topological polar surface area (TPSA) is 56.3 Å². The quantitative estimate of drug-likeness (QED) is 0.755. The first-order chi connectivity index (χ1) is 14.1. The standard InChI is InChI=1S/C21H29Cl2N3O3/c22-16-4-3-15(11-17(16)23)12-20(28)26-8-7-25(9-10-27)19-14-29-13-18(21(19)26)24-5-1-2-6-24/h3-4,11,18-19,21,27H,1-2,5-10,12-14H2/t18-,19?,21+/m0/s1. The van der Waals surface area contributed by atoms with Gasteiger partial charge in [0.25, 0.3) is 0 Å². The number of amides is 1. The van der Waals surface area contributed by atoms with Gasteiger partial charge in [-0.25, -0.2) is 0 Å². The summed E-state index contributed by atoms with van der Waals surface area (Å²) in [7, 11) is 0.